The molecule has 20 heavy (non-hydrogen) atoms. The summed E-state index contributed by atoms with van der Waals surface area (Å²) in [6, 6.07) is 9.50. The Kier molecular flexibility index (Phi) is 6.54. The van der Waals surface area contributed by atoms with Crippen molar-refractivity contribution in [3.63, 3.8) is 0 Å². The highest BCUT2D eigenvalue weighted by atomic mass is 16.1. The Balaban J connectivity index is 2.81. The van der Waals surface area contributed by atoms with Crippen molar-refractivity contribution in [1.82, 2.24) is 5.43 Å². The van der Waals surface area contributed by atoms with Crippen molar-refractivity contribution < 1.29 is 4.79 Å². The van der Waals surface area contributed by atoms with Gasteiger partial charge in [0, 0.05) is 6.92 Å². The van der Waals surface area contributed by atoms with Gasteiger partial charge in [-0.1, -0.05) is 43.0 Å². The number of hydrogen-bond acceptors (Lipinski definition) is 3. The smallest absolute Gasteiger partial charge is 0.196 e. The fourth-order valence-corrected chi connectivity index (χ4v) is 1.34. The topological polar surface area (TPSA) is 53.5 Å². The first-order valence-electron chi connectivity index (χ1n) is 6.29. The molecule has 104 valence electrons. The molecule has 1 aromatic carbocycles. The first kappa shape index (κ1) is 15.4. The number of ketones is 1. The van der Waals surface area contributed by atoms with E-state index in [1.54, 1.807) is 18.2 Å². The first-order valence-corrected chi connectivity index (χ1v) is 6.29. The minimum atomic E-state index is -0.153. The van der Waals surface area contributed by atoms with E-state index in [2.05, 4.69) is 22.4 Å². The Hall–Kier alpha value is -2.62. The van der Waals surface area contributed by atoms with Gasteiger partial charge in [0.25, 0.3) is 0 Å². The van der Waals surface area contributed by atoms with E-state index >= 15 is 0 Å². The van der Waals surface area contributed by atoms with Crippen LogP contribution >= 0.6 is 0 Å². The third-order valence-electron chi connectivity index (χ3n) is 2.37. The van der Waals surface area contributed by atoms with E-state index in [9.17, 15) is 4.79 Å². The average molecular weight is 269 g/mol. The highest BCUT2D eigenvalue weighted by molar-refractivity contribution is 6.38. The number of hydrazine groups is 1. The summed E-state index contributed by atoms with van der Waals surface area (Å²) in [5.74, 6) is 0.0930. The van der Waals surface area contributed by atoms with E-state index in [0.29, 0.717) is 5.70 Å². The Labute approximate surface area is 119 Å². The molecule has 1 aromatic rings. The standard InChI is InChI=1S/C16H19N3O/c1-4-6-10-14(5-2)17-16(13(3)20)19-18-15-11-8-7-9-12-15/h4-12,18H,1H2,2-3H3,(H,17,19)/b10-6-,14-5+. The number of anilines is 1. The second kappa shape index (κ2) is 8.48. The largest absolute Gasteiger partial charge is 0.300 e. The van der Waals surface area contributed by atoms with Crippen molar-refractivity contribution in [3.05, 3.63) is 66.9 Å². The highest BCUT2D eigenvalue weighted by Gasteiger charge is 2.05. The van der Waals surface area contributed by atoms with Crippen molar-refractivity contribution in [2.24, 2.45) is 4.99 Å². The van der Waals surface area contributed by atoms with Crippen LogP contribution in [0.3, 0.4) is 0 Å². The number of carbonyl (C=O) groups excluding carboxylic acids is 1. The number of nitrogens with zero attached hydrogens (tertiary/aromatic N) is 1. The summed E-state index contributed by atoms with van der Waals surface area (Å²) in [7, 11) is 0. The average Bonchev–Trinajstić information content (AvgIpc) is 2.47. The quantitative estimate of drug-likeness (QED) is 0.361. The van der Waals surface area contributed by atoms with Crippen LogP contribution in [0.2, 0.25) is 0 Å². The van der Waals surface area contributed by atoms with Crippen molar-refractivity contribution in [2.45, 2.75) is 13.8 Å². The molecule has 0 bridgehead atoms. The summed E-state index contributed by atoms with van der Waals surface area (Å²) in [5, 5.41) is 0. The molecule has 0 fully saturated rings. The second-order valence-corrected chi connectivity index (χ2v) is 3.94. The highest BCUT2D eigenvalue weighted by Crippen LogP contribution is 2.04. The van der Waals surface area contributed by atoms with Gasteiger partial charge in [-0.3, -0.25) is 15.6 Å². The number of nitrogens with one attached hydrogen (secondary N) is 2. The van der Waals surface area contributed by atoms with E-state index in [1.807, 2.05) is 43.3 Å². The molecular weight excluding hydrogens is 250 g/mol. The molecule has 0 saturated carbocycles. The second-order valence-electron chi connectivity index (χ2n) is 3.94. The number of para-hydroxylation sites is 1. The number of carbonyl (C=O) groups is 1. The Bertz CT molecular complexity index is 542. The van der Waals surface area contributed by atoms with Crippen LogP contribution in [0.4, 0.5) is 5.69 Å². The lowest BCUT2D eigenvalue weighted by atomic mass is 10.3. The van der Waals surface area contributed by atoms with E-state index in [1.165, 1.54) is 6.92 Å². The molecule has 0 radical (unpaired) electrons. The van der Waals surface area contributed by atoms with Gasteiger partial charge in [0.05, 0.1) is 11.4 Å². The van der Waals surface area contributed by atoms with E-state index < -0.39 is 0 Å². The van der Waals surface area contributed by atoms with Crippen LogP contribution in [0.15, 0.2) is 71.9 Å². The molecule has 0 atom stereocenters. The van der Waals surface area contributed by atoms with Gasteiger partial charge in [-0.15, -0.1) is 0 Å². The fraction of sp³-hybridized carbons (Fsp3) is 0.125. The van der Waals surface area contributed by atoms with Crippen LogP contribution in [0.25, 0.3) is 0 Å². The zero-order valence-electron chi connectivity index (χ0n) is 11.8. The maximum Gasteiger partial charge on any atom is 0.196 e. The number of hydrogen-bond donors (Lipinski definition) is 2. The first-order chi connectivity index (χ1) is 9.67. The predicted molar refractivity (Wildman–Crippen MR) is 84.4 cm³/mol. The normalized spacial score (nSPS) is 12.3. The number of allylic oxidation sites excluding steroid dienone is 4. The third kappa shape index (κ3) is 5.35. The zero-order chi connectivity index (χ0) is 14.8. The maximum atomic E-state index is 11.6. The third-order valence-corrected chi connectivity index (χ3v) is 2.37. The van der Waals surface area contributed by atoms with Crippen LogP contribution in [0.5, 0.6) is 0 Å². The SMILES string of the molecule is C=C/C=C\C(=C/C)N=C(NNc1ccccc1)C(C)=O. The number of aliphatic imine (C=N–C) groups is 1. The molecule has 0 saturated heterocycles. The molecule has 4 nitrogen and oxygen atoms in total. The minimum Gasteiger partial charge on any atom is -0.300 e. The molecule has 0 unspecified atom stereocenters. The molecule has 0 amide bonds. The lowest BCUT2D eigenvalue weighted by molar-refractivity contribution is -0.111. The lowest BCUT2D eigenvalue weighted by Gasteiger charge is -2.10. The summed E-state index contributed by atoms with van der Waals surface area (Å²) in [6.45, 7) is 6.92. The summed E-state index contributed by atoms with van der Waals surface area (Å²) in [5.41, 5.74) is 7.30. The number of benzene rings is 1. The van der Waals surface area contributed by atoms with E-state index in [4.69, 9.17) is 0 Å². The predicted octanol–water partition coefficient (Wildman–Crippen LogP) is 3.24. The molecule has 0 spiro atoms. The fourth-order valence-electron chi connectivity index (χ4n) is 1.34. The van der Waals surface area contributed by atoms with Gasteiger partial charge in [-0.2, -0.15) is 0 Å². The molecule has 2 N–H and O–H groups in total. The van der Waals surface area contributed by atoms with Crippen molar-refractivity contribution in [1.29, 1.82) is 0 Å². The van der Waals surface area contributed by atoms with Crippen molar-refractivity contribution >= 4 is 17.3 Å². The van der Waals surface area contributed by atoms with Gasteiger partial charge in [-0.05, 0) is 25.1 Å². The molecule has 1 rings (SSSR count). The van der Waals surface area contributed by atoms with Gasteiger partial charge >= 0.3 is 0 Å². The van der Waals surface area contributed by atoms with Gasteiger partial charge in [0.15, 0.2) is 11.6 Å². The van der Waals surface area contributed by atoms with Crippen LogP contribution in [-0.4, -0.2) is 11.6 Å². The van der Waals surface area contributed by atoms with E-state index in [-0.39, 0.29) is 11.6 Å². The van der Waals surface area contributed by atoms with E-state index in [0.717, 1.165) is 5.69 Å². The lowest BCUT2D eigenvalue weighted by Crippen LogP contribution is -2.34. The molecule has 4 heteroatoms. The molecule has 0 aromatic heterocycles. The summed E-state index contributed by atoms with van der Waals surface area (Å²) in [4.78, 5) is 15.9. The number of amidine groups is 1. The van der Waals surface area contributed by atoms with Gasteiger partial charge in [0.1, 0.15) is 0 Å². The molecule has 0 aliphatic heterocycles. The number of Topliss-reactive ketones (excluding diaryl/α,β-unsaturated/α-hetero) is 1. The number of rotatable bonds is 6. The van der Waals surface area contributed by atoms with Crippen LogP contribution in [0, 0.1) is 0 Å². The van der Waals surface area contributed by atoms with Gasteiger partial charge in [-0.25, -0.2) is 4.99 Å². The van der Waals surface area contributed by atoms with Gasteiger partial charge in [0.2, 0.25) is 0 Å². The molecular formula is C16H19N3O. The Morgan fingerprint density at radius 1 is 1.30 bits per heavy atom. The van der Waals surface area contributed by atoms with Crippen molar-refractivity contribution in [2.75, 3.05) is 5.43 Å². The molecule has 0 aliphatic carbocycles. The summed E-state index contributed by atoms with van der Waals surface area (Å²) in [6.07, 6.45) is 7.01. The summed E-state index contributed by atoms with van der Waals surface area (Å²) >= 11 is 0. The minimum absolute atomic E-state index is 0.153. The molecule has 0 heterocycles. The zero-order valence-corrected chi connectivity index (χ0v) is 11.8. The van der Waals surface area contributed by atoms with Crippen LogP contribution in [0.1, 0.15) is 13.8 Å². The molecule has 0 aliphatic rings. The van der Waals surface area contributed by atoms with Crippen LogP contribution in [-0.2, 0) is 4.79 Å². The van der Waals surface area contributed by atoms with Gasteiger partial charge < -0.3 is 0 Å². The monoisotopic (exact) mass is 269 g/mol. The van der Waals surface area contributed by atoms with Crippen molar-refractivity contribution in [3.8, 4) is 0 Å². The summed E-state index contributed by atoms with van der Waals surface area (Å²) < 4.78 is 0. The Morgan fingerprint density at radius 3 is 2.55 bits per heavy atom. The van der Waals surface area contributed by atoms with Crippen LogP contribution < -0.4 is 10.9 Å². The maximum absolute atomic E-state index is 11.6. The Morgan fingerprint density at radius 2 is 2.00 bits per heavy atom.